The number of rotatable bonds is 3. The van der Waals surface area contributed by atoms with E-state index in [4.69, 9.17) is 21.6 Å². The van der Waals surface area contributed by atoms with Crippen LogP contribution in [0.1, 0.15) is 18.4 Å². The topological polar surface area (TPSA) is 70.4 Å². The standard InChI is InChI=1S/C14H13ClN2O3/c15-12-2-1-3-13(11(12)8-16)20-9-14(19)17-6-4-10(18)5-7-17/h1-3H,4-7,9H2. The molecule has 0 aliphatic carbocycles. The molecule has 0 unspecified atom stereocenters. The van der Waals surface area contributed by atoms with Crippen LogP contribution in [0.5, 0.6) is 5.75 Å². The van der Waals surface area contributed by atoms with E-state index in [9.17, 15) is 9.59 Å². The number of amides is 1. The number of carbonyl (C=O) groups excluding carboxylic acids is 2. The number of piperidine rings is 1. The van der Waals surface area contributed by atoms with Crippen LogP contribution < -0.4 is 4.74 Å². The van der Waals surface area contributed by atoms with Crippen molar-refractivity contribution in [1.29, 1.82) is 5.26 Å². The first-order valence-corrected chi connectivity index (χ1v) is 6.60. The molecule has 2 rings (SSSR count). The molecule has 0 N–H and O–H groups in total. The molecule has 0 radical (unpaired) electrons. The van der Waals surface area contributed by atoms with E-state index >= 15 is 0 Å². The van der Waals surface area contributed by atoms with Crippen LogP contribution >= 0.6 is 11.6 Å². The van der Waals surface area contributed by atoms with Gasteiger partial charge >= 0.3 is 0 Å². The Kier molecular flexibility index (Phi) is 4.59. The number of hydrogen-bond donors (Lipinski definition) is 0. The highest BCUT2D eigenvalue weighted by atomic mass is 35.5. The number of carbonyl (C=O) groups is 2. The molecule has 0 bridgehead atoms. The third-order valence-corrected chi connectivity index (χ3v) is 3.43. The number of nitrogens with zero attached hydrogens (tertiary/aromatic N) is 2. The second kappa shape index (κ2) is 6.40. The van der Waals surface area contributed by atoms with Crippen LogP contribution in [0.3, 0.4) is 0 Å². The molecule has 0 atom stereocenters. The van der Waals surface area contributed by atoms with E-state index in [1.807, 2.05) is 6.07 Å². The van der Waals surface area contributed by atoms with Crippen LogP contribution in [-0.2, 0) is 9.59 Å². The summed E-state index contributed by atoms with van der Waals surface area (Å²) in [5, 5.41) is 9.29. The van der Waals surface area contributed by atoms with Crippen molar-refractivity contribution in [2.75, 3.05) is 19.7 Å². The molecule has 1 aromatic rings. The lowest BCUT2D eigenvalue weighted by Gasteiger charge is -2.26. The van der Waals surface area contributed by atoms with Gasteiger partial charge in [0.2, 0.25) is 0 Å². The molecule has 0 spiro atoms. The number of benzene rings is 1. The van der Waals surface area contributed by atoms with Crippen molar-refractivity contribution < 1.29 is 14.3 Å². The van der Waals surface area contributed by atoms with Crippen molar-refractivity contribution in [3.05, 3.63) is 28.8 Å². The van der Waals surface area contributed by atoms with Crippen molar-refractivity contribution in [1.82, 2.24) is 4.90 Å². The third kappa shape index (κ3) is 3.28. The molecule has 1 saturated heterocycles. The number of ketones is 1. The Labute approximate surface area is 121 Å². The molecule has 1 aromatic carbocycles. The van der Waals surface area contributed by atoms with Gasteiger partial charge in [0, 0.05) is 25.9 Å². The SMILES string of the molecule is N#Cc1c(Cl)cccc1OCC(=O)N1CCC(=O)CC1. The molecular weight excluding hydrogens is 280 g/mol. The highest BCUT2D eigenvalue weighted by Crippen LogP contribution is 2.25. The van der Waals surface area contributed by atoms with Crippen LogP contribution in [0.15, 0.2) is 18.2 Å². The van der Waals surface area contributed by atoms with Gasteiger partial charge in [-0.25, -0.2) is 0 Å². The summed E-state index contributed by atoms with van der Waals surface area (Å²) in [4.78, 5) is 24.6. The first-order valence-electron chi connectivity index (χ1n) is 6.22. The molecule has 1 amide bonds. The molecular formula is C14H13ClN2O3. The van der Waals surface area contributed by atoms with Crippen LogP contribution in [0.2, 0.25) is 5.02 Å². The van der Waals surface area contributed by atoms with Crippen molar-refractivity contribution in [3.63, 3.8) is 0 Å². The maximum atomic E-state index is 11.9. The lowest BCUT2D eigenvalue weighted by Crippen LogP contribution is -2.41. The van der Waals surface area contributed by atoms with E-state index in [2.05, 4.69) is 0 Å². The predicted octanol–water partition coefficient (Wildman–Crippen LogP) is 1.78. The van der Waals surface area contributed by atoms with Gasteiger partial charge in [-0.3, -0.25) is 9.59 Å². The van der Waals surface area contributed by atoms with Crippen molar-refractivity contribution in [3.8, 4) is 11.8 Å². The average molecular weight is 293 g/mol. The van der Waals surface area contributed by atoms with Crippen molar-refractivity contribution >= 4 is 23.3 Å². The molecule has 104 valence electrons. The molecule has 1 fully saturated rings. The van der Waals surface area contributed by atoms with Crippen LogP contribution in [-0.4, -0.2) is 36.3 Å². The minimum Gasteiger partial charge on any atom is -0.482 e. The molecule has 0 saturated carbocycles. The summed E-state index contributed by atoms with van der Waals surface area (Å²) in [6.45, 7) is 0.701. The fourth-order valence-electron chi connectivity index (χ4n) is 1.97. The number of hydrogen-bond acceptors (Lipinski definition) is 4. The fraction of sp³-hybridized carbons (Fsp3) is 0.357. The number of ether oxygens (including phenoxy) is 1. The quantitative estimate of drug-likeness (QED) is 0.851. The maximum Gasteiger partial charge on any atom is 0.260 e. The van der Waals surface area contributed by atoms with Gasteiger partial charge < -0.3 is 9.64 Å². The lowest BCUT2D eigenvalue weighted by atomic mass is 10.1. The van der Waals surface area contributed by atoms with Crippen LogP contribution in [0.4, 0.5) is 0 Å². The summed E-state index contributed by atoms with van der Waals surface area (Å²) in [7, 11) is 0. The summed E-state index contributed by atoms with van der Waals surface area (Å²) in [5.74, 6) is 0.277. The van der Waals surface area contributed by atoms with E-state index in [-0.39, 0.29) is 23.9 Å². The molecule has 0 aromatic heterocycles. The molecule has 5 nitrogen and oxygen atoms in total. The molecule has 1 aliphatic rings. The fourth-order valence-corrected chi connectivity index (χ4v) is 2.18. The number of likely N-dealkylation sites (tertiary alicyclic amines) is 1. The van der Waals surface area contributed by atoms with Crippen LogP contribution in [0, 0.1) is 11.3 Å². The maximum absolute atomic E-state index is 11.9. The zero-order valence-corrected chi connectivity index (χ0v) is 11.5. The minimum atomic E-state index is -0.193. The van der Waals surface area contributed by atoms with Gasteiger partial charge in [0.1, 0.15) is 23.2 Å². The smallest absolute Gasteiger partial charge is 0.260 e. The minimum absolute atomic E-state index is 0.163. The summed E-state index contributed by atoms with van der Waals surface area (Å²) >= 11 is 5.87. The van der Waals surface area contributed by atoms with Gasteiger partial charge in [0.05, 0.1) is 5.02 Å². The molecule has 1 aliphatic heterocycles. The zero-order valence-electron chi connectivity index (χ0n) is 10.8. The number of halogens is 1. The highest BCUT2D eigenvalue weighted by molar-refractivity contribution is 6.31. The Balaban J connectivity index is 1.96. The van der Waals surface area contributed by atoms with Gasteiger partial charge in [0.25, 0.3) is 5.91 Å². The molecule has 6 heteroatoms. The van der Waals surface area contributed by atoms with Crippen molar-refractivity contribution in [2.24, 2.45) is 0 Å². The second-order valence-electron chi connectivity index (χ2n) is 4.43. The normalized spacial score (nSPS) is 14.8. The van der Waals surface area contributed by atoms with E-state index < -0.39 is 0 Å². The Morgan fingerprint density at radius 3 is 2.75 bits per heavy atom. The van der Waals surface area contributed by atoms with Gasteiger partial charge in [-0.2, -0.15) is 5.26 Å². The summed E-state index contributed by atoms with van der Waals surface area (Å²) < 4.78 is 5.37. The molecule has 20 heavy (non-hydrogen) atoms. The Morgan fingerprint density at radius 2 is 2.10 bits per heavy atom. The number of nitriles is 1. The van der Waals surface area contributed by atoms with E-state index in [1.165, 1.54) is 0 Å². The second-order valence-corrected chi connectivity index (χ2v) is 4.84. The monoisotopic (exact) mass is 292 g/mol. The van der Waals surface area contributed by atoms with E-state index in [0.29, 0.717) is 36.7 Å². The van der Waals surface area contributed by atoms with Gasteiger partial charge in [0.15, 0.2) is 6.61 Å². The van der Waals surface area contributed by atoms with E-state index in [1.54, 1.807) is 23.1 Å². The lowest BCUT2D eigenvalue weighted by molar-refractivity contribution is -0.136. The largest absolute Gasteiger partial charge is 0.482 e. The van der Waals surface area contributed by atoms with Crippen molar-refractivity contribution in [2.45, 2.75) is 12.8 Å². The summed E-state index contributed by atoms with van der Waals surface area (Å²) in [6.07, 6.45) is 0.790. The Hall–Kier alpha value is -2.06. The van der Waals surface area contributed by atoms with Crippen LogP contribution in [0.25, 0.3) is 0 Å². The highest BCUT2D eigenvalue weighted by Gasteiger charge is 2.21. The van der Waals surface area contributed by atoms with Gasteiger partial charge in [-0.1, -0.05) is 17.7 Å². The Morgan fingerprint density at radius 1 is 1.40 bits per heavy atom. The summed E-state index contributed by atoms with van der Waals surface area (Å²) in [5.41, 5.74) is 0.218. The Bertz CT molecular complexity index is 570. The average Bonchev–Trinajstić information content (AvgIpc) is 2.45. The third-order valence-electron chi connectivity index (χ3n) is 3.11. The summed E-state index contributed by atoms with van der Waals surface area (Å²) in [6, 6.07) is 6.78. The molecule has 1 heterocycles. The predicted molar refractivity (Wildman–Crippen MR) is 72.5 cm³/mol. The van der Waals surface area contributed by atoms with Gasteiger partial charge in [-0.05, 0) is 12.1 Å². The first-order chi connectivity index (χ1) is 9.61. The first kappa shape index (κ1) is 14.4. The van der Waals surface area contributed by atoms with E-state index in [0.717, 1.165) is 0 Å². The van der Waals surface area contributed by atoms with Gasteiger partial charge in [-0.15, -0.1) is 0 Å². The zero-order chi connectivity index (χ0) is 14.5. The number of Topliss-reactive ketones (excluding diaryl/α,β-unsaturated/α-hetero) is 1.